The molecule has 108 valence electrons. The molecular formula is C16H23N3O. The van der Waals surface area contributed by atoms with Crippen molar-refractivity contribution in [2.75, 3.05) is 20.3 Å². The van der Waals surface area contributed by atoms with Crippen molar-refractivity contribution in [2.45, 2.75) is 26.3 Å². The molecule has 20 heavy (non-hydrogen) atoms. The third kappa shape index (κ3) is 3.26. The van der Waals surface area contributed by atoms with Crippen molar-refractivity contribution in [3.05, 3.63) is 35.5 Å². The second-order valence-corrected chi connectivity index (χ2v) is 4.85. The molecule has 1 aromatic heterocycles. The molecule has 1 heterocycles. The zero-order valence-electron chi connectivity index (χ0n) is 12.3. The highest BCUT2D eigenvalue weighted by atomic mass is 16.5. The summed E-state index contributed by atoms with van der Waals surface area (Å²) >= 11 is 0. The van der Waals surface area contributed by atoms with Crippen molar-refractivity contribution >= 4 is 17.0 Å². The van der Waals surface area contributed by atoms with Crippen molar-refractivity contribution in [3.63, 3.8) is 0 Å². The Balaban J connectivity index is 2.39. The first-order chi connectivity index (χ1) is 9.80. The van der Waals surface area contributed by atoms with E-state index in [1.165, 1.54) is 16.5 Å². The number of para-hydroxylation sites is 1. The van der Waals surface area contributed by atoms with Crippen molar-refractivity contribution in [1.29, 1.82) is 0 Å². The van der Waals surface area contributed by atoms with Crippen LogP contribution < -0.4 is 5.73 Å². The molecule has 0 saturated heterocycles. The number of hydrogen-bond acceptors (Lipinski definition) is 3. The van der Waals surface area contributed by atoms with E-state index in [0.29, 0.717) is 13.2 Å². The van der Waals surface area contributed by atoms with Crippen LogP contribution in [0.1, 0.15) is 25.5 Å². The van der Waals surface area contributed by atoms with E-state index in [9.17, 15) is 0 Å². The van der Waals surface area contributed by atoms with Crippen LogP contribution in [0.5, 0.6) is 0 Å². The van der Waals surface area contributed by atoms with Gasteiger partial charge in [0.15, 0.2) is 0 Å². The van der Waals surface area contributed by atoms with Gasteiger partial charge in [-0.1, -0.05) is 18.2 Å². The molecule has 0 amide bonds. The van der Waals surface area contributed by atoms with Crippen LogP contribution in [0.25, 0.3) is 17.0 Å². The standard InChI is InChI=1S/C16H23N3O/c1-3-19-16-9-5-4-8-14(16)15(18-19)11-13(12-20-2)7-6-10-17/h4-5,8-9,11H,3,6-7,10,12,17H2,1-2H3/b13-11-. The number of fused-ring (bicyclic) bond motifs is 1. The van der Waals surface area contributed by atoms with Gasteiger partial charge in [-0.05, 0) is 44.0 Å². The fourth-order valence-electron chi connectivity index (χ4n) is 2.39. The minimum Gasteiger partial charge on any atom is -0.380 e. The van der Waals surface area contributed by atoms with E-state index in [-0.39, 0.29) is 0 Å². The maximum absolute atomic E-state index is 5.59. The van der Waals surface area contributed by atoms with E-state index in [1.54, 1.807) is 7.11 Å². The summed E-state index contributed by atoms with van der Waals surface area (Å²) in [6.07, 6.45) is 4.08. The quantitative estimate of drug-likeness (QED) is 0.844. The molecule has 1 aromatic carbocycles. The number of aromatic nitrogens is 2. The molecule has 0 fully saturated rings. The molecule has 4 heteroatoms. The molecule has 0 aliphatic rings. The number of rotatable bonds is 7. The van der Waals surface area contributed by atoms with Crippen molar-refractivity contribution in [3.8, 4) is 0 Å². The molecule has 0 saturated carbocycles. The van der Waals surface area contributed by atoms with Crippen LogP contribution >= 0.6 is 0 Å². The van der Waals surface area contributed by atoms with Gasteiger partial charge in [-0.2, -0.15) is 5.10 Å². The molecule has 2 N–H and O–H groups in total. The van der Waals surface area contributed by atoms with E-state index < -0.39 is 0 Å². The Morgan fingerprint density at radius 3 is 2.90 bits per heavy atom. The number of methoxy groups -OCH3 is 1. The van der Waals surface area contributed by atoms with E-state index in [1.807, 2.05) is 10.7 Å². The van der Waals surface area contributed by atoms with Crippen LogP contribution in [0.2, 0.25) is 0 Å². The lowest BCUT2D eigenvalue weighted by Crippen LogP contribution is -2.02. The lowest BCUT2D eigenvalue weighted by atomic mass is 10.1. The van der Waals surface area contributed by atoms with Crippen LogP contribution in [0.4, 0.5) is 0 Å². The molecule has 0 aliphatic carbocycles. The molecule has 4 nitrogen and oxygen atoms in total. The Morgan fingerprint density at radius 1 is 1.40 bits per heavy atom. The fourth-order valence-corrected chi connectivity index (χ4v) is 2.39. The number of nitrogens with zero attached hydrogens (tertiary/aromatic N) is 2. The summed E-state index contributed by atoms with van der Waals surface area (Å²) in [4.78, 5) is 0. The van der Waals surface area contributed by atoms with Gasteiger partial charge in [-0.25, -0.2) is 0 Å². The summed E-state index contributed by atoms with van der Waals surface area (Å²) in [5, 5.41) is 5.88. The zero-order valence-corrected chi connectivity index (χ0v) is 12.3. The second-order valence-electron chi connectivity index (χ2n) is 4.85. The molecule has 0 spiro atoms. The Morgan fingerprint density at radius 2 is 2.20 bits per heavy atom. The van der Waals surface area contributed by atoms with Gasteiger partial charge in [0.25, 0.3) is 0 Å². The highest BCUT2D eigenvalue weighted by molar-refractivity contribution is 5.87. The van der Waals surface area contributed by atoms with Crippen LogP contribution in [0.3, 0.4) is 0 Å². The van der Waals surface area contributed by atoms with E-state index in [4.69, 9.17) is 15.6 Å². The summed E-state index contributed by atoms with van der Waals surface area (Å²) in [5.41, 5.74) is 9.03. The number of nitrogens with two attached hydrogens (primary N) is 1. The van der Waals surface area contributed by atoms with Gasteiger partial charge in [-0.3, -0.25) is 4.68 Å². The summed E-state index contributed by atoms with van der Waals surface area (Å²) in [6, 6.07) is 8.33. The molecule has 0 aliphatic heterocycles. The Kier molecular flexibility index (Phi) is 5.32. The van der Waals surface area contributed by atoms with Gasteiger partial charge < -0.3 is 10.5 Å². The normalized spacial score (nSPS) is 12.2. The maximum atomic E-state index is 5.59. The number of benzene rings is 1. The van der Waals surface area contributed by atoms with Crippen LogP contribution in [-0.2, 0) is 11.3 Å². The Hall–Kier alpha value is -1.65. The van der Waals surface area contributed by atoms with E-state index in [0.717, 1.165) is 25.1 Å². The topological polar surface area (TPSA) is 53.1 Å². The van der Waals surface area contributed by atoms with Crippen LogP contribution in [-0.4, -0.2) is 30.0 Å². The Bertz CT molecular complexity index is 586. The third-order valence-electron chi connectivity index (χ3n) is 3.36. The number of ether oxygens (including phenoxy) is 1. The van der Waals surface area contributed by atoms with Gasteiger partial charge in [0.05, 0.1) is 17.8 Å². The predicted octanol–water partition coefficient (Wildman–Crippen LogP) is 2.82. The van der Waals surface area contributed by atoms with Crippen molar-refractivity contribution < 1.29 is 4.74 Å². The van der Waals surface area contributed by atoms with Gasteiger partial charge >= 0.3 is 0 Å². The predicted molar refractivity (Wildman–Crippen MR) is 83.5 cm³/mol. The van der Waals surface area contributed by atoms with Gasteiger partial charge in [-0.15, -0.1) is 0 Å². The smallest absolute Gasteiger partial charge is 0.0930 e. The largest absolute Gasteiger partial charge is 0.380 e. The first-order valence-corrected chi connectivity index (χ1v) is 7.14. The lowest BCUT2D eigenvalue weighted by molar-refractivity contribution is 0.223. The van der Waals surface area contributed by atoms with Crippen LogP contribution in [0, 0.1) is 0 Å². The third-order valence-corrected chi connectivity index (χ3v) is 3.36. The fraction of sp³-hybridized carbons (Fsp3) is 0.438. The molecule has 0 bridgehead atoms. The molecular weight excluding hydrogens is 250 g/mol. The summed E-state index contributed by atoms with van der Waals surface area (Å²) in [5.74, 6) is 0. The molecule has 0 atom stereocenters. The second kappa shape index (κ2) is 7.22. The SMILES string of the molecule is CCn1nc(/C=C(/CCCN)COC)c2ccccc21. The van der Waals surface area contributed by atoms with Crippen molar-refractivity contribution in [2.24, 2.45) is 5.73 Å². The van der Waals surface area contributed by atoms with Crippen LogP contribution in [0.15, 0.2) is 29.8 Å². The number of aryl methyl sites for hydroxylation is 1. The number of hydrogen-bond donors (Lipinski definition) is 1. The van der Waals surface area contributed by atoms with E-state index >= 15 is 0 Å². The monoisotopic (exact) mass is 273 g/mol. The maximum Gasteiger partial charge on any atom is 0.0930 e. The molecule has 2 rings (SSSR count). The average molecular weight is 273 g/mol. The first kappa shape index (κ1) is 14.8. The summed E-state index contributed by atoms with van der Waals surface area (Å²) in [7, 11) is 1.72. The highest BCUT2D eigenvalue weighted by Crippen LogP contribution is 2.21. The van der Waals surface area contributed by atoms with Gasteiger partial charge in [0.2, 0.25) is 0 Å². The summed E-state index contributed by atoms with van der Waals surface area (Å²) in [6.45, 7) is 4.31. The minimum absolute atomic E-state index is 0.632. The molecule has 0 radical (unpaired) electrons. The minimum atomic E-state index is 0.632. The zero-order chi connectivity index (χ0) is 14.4. The summed E-state index contributed by atoms with van der Waals surface area (Å²) < 4.78 is 7.31. The average Bonchev–Trinajstić information content (AvgIpc) is 2.83. The van der Waals surface area contributed by atoms with Crippen molar-refractivity contribution in [1.82, 2.24) is 9.78 Å². The molecule has 2 aromatic rings. The highest BCUT2D eigenvalue weighted by Gasteiger charge is 2.08. The van der Waals surface area contributed by atoms with Gasteiger partial charge in [0, 0.05) is 19.0 Å². The van der Waals surface area contributed by atoms with E-state index in [2.05, 4.69) is 31.2 Å². The lowest BCUT2D eigenvalue weighted by Gasteiger charge is -2.04. The first-order valence-electron chi connectivity index (χ1n) is 7.14. The molecule has 0 unspecified atom stereocenters. The Labute approximate surface area is 120 Å². The van der Waals surface area contributed by atoms with Gasteiger partial charge in [0.1, 0.15) is 0 Å².